The van der Waals surface area contributed by atoms with Gasteiger partial charge in [0.1, 0.15) is 5.54 Å². The predicted molar refractivity (Wildman–Crippen MR) is 89.4 cm³/mol. The molecular formula is C17H27ClN2O. The van der Waals surface area contributed by atoms with Gasteiger partial charge in [0, 0.05) is 6.04 Å². The number of nitrogens with two attached hydrogens (primary N) is 1. The predicted octanol–water partition coefficient (Wildman–Crippen LogP) is 3.37. The zero-order valence-electron chi connectivity index (χ0n) is 13.2. The van der Waals surface area contributed by atoms with Crippen LogP contribution in [0.2, 0.25) is 0 Å². The molecule has 0 bridgehead atoms. The highest BCUT2D eigenvalue weighted by atomic mass is 35.5. The molecule has 1 unspecified atom stereocenters. The summed E-state index contributed by atoms with van der Waals surface area (Å²) in [5, 5.41) is 3.13. The fourth-order valence-electron chi connectivity index (χ4n) is 2.79. The number of amides is 1. The maximum Gasteiger partial charge on any atom is 0.244 e. The Kier molecular flexibility index (Phi) is 5.83. The van der Waals surface area contributed by atoms with Crippen LogP contribution < -0.4 is 11.1 Å². The zero-order chi connectivity index (χ0) is 14.8. The van der Waals surface area contributed by atoms with E-state index in [1.807, 2.05) is 30.3 Å². The summed E-state index contributed by atoms with van der Waals surface area (Å²) in [5.41, 5.74) is 6.54. The second-order valence-corrected chi connectivity index (χ2v) is 6.98. The number of rotatable bonds is 3. The van der Waals surface area contributed by atoms with Crippen LogP contribution in [0.25, 0.3) is 0 Å². The van der Waals surface area contributed by atoms with Gasteiger partial charge in [0.2, 0.25) is 5.91 Å². The number of hydrogen-bond donors (Lipinski definition) is 2. The second-order valence-electron chi connectivity index (χ2n) is 6.98. The Morgan fingerprint density at radius 2 is 1.76 bits per heavy atom. The van der Waals surface area contributed by atoms with E-state index in [1.165, 1.54) is 0 Å². The molecule has 0 spiro atoms. The largest absolute Gasteiger partial charge is 0.351 e. The third kappa shape index (κ3) is 4.45. The van der Waals surface area contributed by atoms with Crippen molar-refractivity contribution in [3.63, 3.8) is 0 Å². The van der Waals surface area contributed by atoms with Crippen molar-refractivity contribution in [3.8, 4) is 0 Å². The summed E-state index contributed by atoms with van der Waals surface area (Å²) >= 11 is 0. The monoisotopic (exact) mass is 310 g/mol. The molecule has 0 radical (unpaired) electrons. The topological polar surface area (TPSA) is 55.1 Å². The van der Waals surface area contributed by atoms with Gasteiger partial charge in [-0.05, 0) is 43.6 Å². The standard InChI is InChI=1S/C17H26N2O.ClH/c1-16(2)11-9-14(10-12-16)19-15(20)17(3,18)13-7-5-4-6-8-13;/h4-8,14H,9-12,18H2,1-3H3,(H,19,20);1H. The Balaban J connectivity index is 0.00000220. The van der Waals surface area contributed by atoms with E-state index < -0.39 is 5.54 Å². The molecule has 0 heterocycles. The zero-order valence-corrected chi connectivity index (χ0v) is 14.0. The highest BCUT2D eigenvalue weighted by Gasteiger charge is 2.34. The van der Waals surface area contributed by atoms with Gasteiger partial charge >= 0.3 is 0 Å². The molecule has 1 aliphatic carbocycles. The van der Waals surface area contributed by atoms with Gasteiger partial charge in [0.15, 0.2) is 0 Å². The van der Waals surface area contributed by atoms with Gasteiger partial charge in [-0.25, -0.2) is 0 Å². The number of halogens is 1. The summed E-state index contributed by atoms with van der Waals surface area (Å²) in [6.45, 7) is 6.37. The Labute approximate surface area is 134 Å². The van der Waals surface area contributed by atoms with Crippen molar-refractivity contribution in [1.82, 2.24) is 5.32 Å². The number of carbonyl (C=O) groups is 1. The minimum atomic E-state index is -0.964. The number of carbonyl (C=O) groups excluding carboxylic acids is 1. The highest BCUT2D eigenvalue weighted by Crippen LogP contribution is 2.35. The van der Waals surface area contributed by atoms with E-state index in [4.69, 9.17) is 5.73 Å². The first kappa shape index (κ1) is 18.0. The van der Waals surface area contributed by atoms with Crippen LogP contribution in [0.4, 0.5) is 0 Å². The van der Waals surface area contributed by atoms with Crippen molar-refractivity contribution in [2.45, 2.75) is 58.0 Å². The SMILES string of the molecule is CC1(C)CCC(NC(=O)C(C)(N)c2ccccc2)CC1.Cl. The molecule has 1 amide bonds. The number of nitrogens with one attached hydrogen (secondary N) is 1. The molecule has 1 fully saturated rings. The summed E-state index contributed by atoms with van der Waals surface area (Å²) in [7, 11) is 0. The first-order chi connectivity index (χ1) is 9.31. The summed E-state index contributed by atoms with van der Waals surface area (Å²) in [4.78, 5) is 12.5. The summed E-state index contributed by atoms with van der Waals surface area (Å²) in [6.07, 6.45) is 4.41. The van der Waals surface area contributed by atoms with Crippen LogP contribution in [0.3, 0.4) is 0 Å². The molecule has 0 saturated heterocycles. The van der Waals surface area contributed by atoms with Crippen molar-refractivity contribution in [1.29, 1.82) is 0 Å². The van der Waals surface area contributed by atoms with Gasteiger partial charge in [-0.1, -0.05) is 44.2 Å². The molecule has 1 atom stereocenters. The molecule has 1 saturated carbocycles. The lowest BCUT2D eigenvalue weighted by Crippen LogP contribution is -2.52. The molecule has 4 heteroatoms. The first-order valence-electron chi connectivity index (χ1n) is 7.47. The van der Waals surface area contributed by atoms with Gasteiger partial charge < -0.3 is 11.1 Å². The van der Waals surface area contributed by atoms with Gasteiger partial charge in [-0.3, -0.25) is 4.79 Å². The van der Waals surface area contributed by atoms with Crippen LogP contribution in [0.1, 0.15) is 52.0 Å². The van der Waals surface area contributed by atoms with Gasteiger partial charge in [0.25, 0.3) is 0 Å². The van der Waals surface area contributed by atoms with Crippen LogP contribution in [0, 0.1) is 5.41 Å². The Morgan fingerprint density at radius 3 is 2.29 bits per heavy atom. The lowest BCUT2D eigenvalue weighted by molar-refractivity contribution is -0.127. The van der Waals surface area contributed by atoms with Gasteiger partial charge in [0.05, 0.1) is 0 Å². The first-order valence-corrected chi connectivity index (χ1v) is 7.47. The van der Waals surface area contributed by atoms with Crippen LogP contribution in [-0.2, 0) is 10.3 Å². The van der Waals surface area contributed by atoms with E-state index in [-0.39, 0.29) is 24.4 Å². The molecule has 0 aromatic heterocycles. The van der Waals surface area contributed by atoms with E-state index in [2.05, 4.69) is 19.2 Å². The minimum Gasteiger partial charge on any atom is -0.351 e. The maximum atomic E-state index is 12.5. The van der Waals surface area contributed by atoms with E-state index in [1.54, 1.807) is 6.92 Å². The fourth-order valence-corrected chi connectivity index (χ4v) is 2.79. The molecule has 2 rings (SSSR count). The Bertz CT molecular complexity index is 461. The normalized spacial score (nSPS) is 21.0. The summed E-state index contributed by atoms with van der Waals surface area (Å²) in [5.74, 6) is -0.0755. The third-order valence-electron chi connectivity index (χ3n) is 4.52. The lowest BCUT2D eigenvalue weighted by atomic mass is 9.75. The van der Waals surface area contributed by atoms with Crippen molar-refractivity contribution in [3.05, 3.63) is 35.9 Å². The molecule has 118 valence electrons. The van der Waals surface area contributed by atoms with E-state index in [0.717, 1.165) is 31.2 Å². The van der Waals surface area contributed by atoms with Crippen molar-refractivity contribution in [2.24, 2.45) is 11.1 Å². The van der Waals surface area contributed by atoms with Crippen LogP contribution >= 0.6 is 12.4 Å². The van der Waals surface area contributed by atoms with Crippen LogP contribution in [-0.4, -0.2) is 11.9 Å². The molecule has 3 N–H and O–H groups in total. The molecule has 1 aromatic carbocycles. The molecular weight excluding hydrogens is 284 g/mol. The fraction of sp³-hybridized carbons (Fsp3) is 0.588. The second kappa shape index (κ2) is 6.80. The molecule has 0 aliphatic heterocycles. The third-order valence-corrected chi connectivity index (χ3v) is 4.52. The van der Waals surface area contributed by atoms with Crippen LogP contribution in [0.15, 0.2) is 30.3 Å². The van der Waals surface area contributed by atoms with E-state index in [0.29, 0.717) is 5.41 Å². The lowest BCUT2D eigenvalue weighted by Gasteiger charge is -2.36. The minimum absolute atomic E-state index is 0. The summed E-state index contributed by atoms with van der Waals surface area (Å²) in [6, 6.07) is 9.84. The molecule has 3 nitrogen and oxygen atoms in total. The van der Waals surface area contributed by atoms with E-state index >= 15 is 0 Å². The highest BCUT2D eigenvalue weighted by molar-refractivity contribution is 5.87. The quantitative estimate of drug-likeness (QED) is 0.899. The van der Waals surface area contributed by atoms with Crippen LogP contribution in [0.5, 0.6) is 0 Å². The average molecular weight is 311 g/mol. The van der Waals surface area contributed by atoms with E-state index in [9.17, 15) is 4.79 Å². The molecule has 21 heavy (non-hydrogen) atoms. The number of benzene rings is 1. The average Bonchev–Trinajstić information content (AvgIpc) is 2.42. The van der Waals surface area contributed by atoms with Crippen molar-refractivity contribution < 1.29 is 4.79 Å². The maximum absolute atomic E-state index is 12.5. The van der Waals surface area contributed by atoms with Gasteiger partial charge in [-0.15, -0.1) is 12.4 Å². The number of hydrogen-bond acceptors (Lipinski definition) is 2. The van der Waals surface area contributed by atoms with Gasteiger partial charge in [-0.2, -0.15) is 0 Å². The molecule has 1 aliphatic rings. The smallest absolute Gasteiger partial charge is 0.244 e. The summed E-state index contributed by atoms with van der Waals surface area (Å²) < 4.78 is 0. The Morgan fingerprint density at radius 1 is 1.24 bits per heavy atom. The van der Waals surface area contributed by atoms with Crippen molar-refractivity contribution in [2.75, 3.05) is 0 Å². The Hall–Kier alpha value is -1.06. The van der Waals surface area contributed by atoms with Crippen molar-refractivity contribution >= 4 is 18.3 Å². The molecule has 1 aromatic rings.